The Kier molecular flexibility index (Phi) is 5.46. The summed E-state index contributed by atoms with van der Waals surface area (Å²) in [6.07, 6.45) is 11.0. The first-order chi connectivity index (χ1) is 13.2. The second-order valence-corrected chi connectivity index (χ2v) is 7.99. The molecule has 0 N–H and O–H groups in total. The lowest BCUT2D eigenvalue weighted by Crippen LogP contribution is -2.49. The molecule has 4 rings (SSSR count). The first-order valence-corrected chi connectivity index (χ1v) is 10.3. The van der Waals surface area contributed by atoms with Crippen LogP contribution in [0.2, 0.25) is 0 Å². The van der Waals surface area contributed by atoms with Crippen molar-refractivity contribution in [3.05, 3.63) is 42.2 Å². The number of piperazine rings is 1. The third-order valence-electron chi connectivity index (χ3n) is 6.09. The number of imidazole rings is 1. The third-order valence-corrected chi connectivity index (χ3v) is 6.09. The van der Waals surface area contributed by atoms with E-state index in [9.17, 15) is 4.79 Å². The molecule has 1 aliphatic carbocycles. The van der Waals surface area contributed by atoms with Crippen LogP contribution >= 0.6 is 0 Å². The van der Waals surface area contributed by atoms with E-state index in [-0.39, 0.29) is 0 Å². The summed E-state index contributed by atoms with van der Waals surface area (Å²) in [7, 11) is 0. The van der Waals surface area contributed by atoms with E-state index in [2.05, 4.69) is 45.6 Å². The van der Waals surface area contributed by atoms with Crippen molar-refractivity contribution in [1.82, 2.24) is 14.5 Å². The molecule has 27 heavy (non-hydrogen) atoms. The largest absolute Gasteiger partial charge is 0.339 e. The molecule has 1 aromatic carbocycles. The maximum Gasteiger partial charge on any atom is 0.222 e. The molecule has 1 saturated heterocycles. The van der Waals surface area contributed by atoms with Gasteiger partial charge in [0.15, 0.2) is 0 Å². The number of nitrogens with zero attached hydrogens (tertiary/aromatic N) is 4. The molecule has 0 spiro atoms. The number of rotatable bonds is 5. The maximum absolute atomic E-state index is 12.6. The third kappa shape index (κ3) is 4.18. The van der Waals surface area contributed by atoms with Crippen molar-refractivity contribution in [2.24, 2.45) is 5.92 Å². The average Bonchev–Trinajstić information content (AvgIpc) is 3.39. The Morgan fingerprint density at radius 2 is 1.78 bits per heavy atom. The van der Waals surface area contributed by atoms with Gasteiger partial charge in [-0.3, -0.25) is 9.36 Å². The summed E-state index contributed by atoms with van der Waals surface area (Å²) < 4.78 is 2.14. The SMILES string of the molecule is Cc1ccc(-n2ccnc2N2CCN(C(=O)CCC3CCCC3)CC2)cc1. The molecule has 2 aliphatic rings. The highest BCUT2D eigenvalue weighted by Gasteiger charge is 2.24. The van der Waals surface area contributed by atoms with E-state index in [4.69, 9.17) is 0 Å². The number of benzene rings is 1. The van der Waals surface area contributed by atoms with Gasteiger partial charge in [-0.05, 0) is 31.4 Å². The van der Waals surface area contributed by atoms with Gasteiger partial charge in [-0.2, -0.15) is 0 Å². The number of amides is 1. The highest BCUT2D eigenvalue weighted by atomic mass is 16.2. The average molecular weight is 367 g/mol. The van der Waals surface area contributed by atoms with Gasteiger partial charge in [-0.25, -0.2) is 4.98 Å². The van der Waals surface area contributed by atoms with Crippen molar-refractivity contribution in [3.8, 4) is 5.69 Å². The van der Waals surface area contributed by atoms with Crippen LogP contribution in [0.1, 0.15) is 44.1 Å². The monoisotopic (exact) mass is 366 g/mol. The van der Waals surface area contributed by atoms with E-state index in [0.29, 0.717) is 5.91 Å². The van der Waals surface area contributed by atoms with Crippen LogP contribution in [0.15, 0.2) is 36.7 Å². The molecule has 2 fully saturated rings. The number of hydrogen-bond acceptors (Lipinski definition) is 3. The number of aryl methyl sites for hydroxylation is 1. The van der Waals surface area contributed by atoms with Crippen LogP contribution in [0.25, 0.3) is 5.69 Å². The van der Waals surface area contributed by atoms with Crippen molar-refractivity contribution < 1.29 is 4.79 Å². The lowest BCUT2D eigenvalue weighted by molar-refractivity contribution is -0.131. The van der Waals surface area contributed by atoms with E-state index in [1.807, 2.05) is 17.3 Å². The Labute approximate surface area is 162 Å². The predicted molar refractivity (Wildman–Crippen MR) is 108 cm³/mol. The molecule has 0 unspecified atom stereocenters. The van der Waals surface area contributed by atoms with Gasteiger partial charge in [0.05, 0.1) is 0 Å². The van der Waals surface area contributed by atoms with Gasteiger partial charge in [0.1, 0.15) is 0 Å². The van der Waals surface area contributed by atoms with E-state index in [1.54, 1.807) is 0 Å². The van der Waals surface area contributed by atoms with Gasteiger partial charge in [-0.15, -0.1) is 0 Å². The minimum absolute atomic E-state index is 0.337. The summed E-state index contributed by atoms with van der Waals surface area (Å²) in [6, 6.07) is 8.51. The summed E-state index contributed by atoms with van der Waals surface area (Å²) >= 11 is 0. The molecule has 1 aromatic heterocycles. The topological polar surface area (TPSA) is 41.4 Å². The molecule has 5 nitrogen and oxygen atoms in total. The van der Waals surface area contributed by atoms with Gasteiger partial charge in [-0.1, -0.05) is 43.4 Å². The first-order valence-electron chi connectivity index (χ1n) is 10.3. The molecular formula is C22H30N4O. The second kappa shape index (κ2) is 8.15. The standard InChI is InChI=1S/C22H30N4O/c1-18-6-9-20(10-7-18)26-13-12-23-22(26)25-16-14-24(15-17-25)21(27)11-8-19-4-2-3-5-19/h6-7,9-10,12-13,19H,2-5,8,11,14-17H2,1H3. The molecule has 0 atom stereocenters. The zero-order valence-electron chi connectivity index (χ0n) is 16.3. The van der Waals surface area contributed by atoms with Crippen molar-refractivity contribution in [2.45, 2.75) is 45.4 Å². The smallest absolute Gasteiger partial charge is 0.222 e. The highest BCUT2D eigenvalue weighted by Crippen LogP contribution is 2.29. The fraction of sp³-hybridized carbons (Fsp3) is 0.545. The molecule has 144 valence electrons. The van der Waals surface area contributed by atoms with Gasteiger partial charge in [0, 0.05) is 50.7 Å². The number of aromatic nitrogens is 2. The van der Waals surface area contributed by atoms with E-state index in [1.165, 1.54) is 31.2 Å². The quantitative estimate of drug-likeness (QED) is 0.808. The van der Waals surface area contributed by atoms with Gasteiger partial charge in [0.2, 0.25) is 11.9 Å². The van der Waals surface area contributed by atoms with Crippen LogP contribution in [0, 0.1) is 12.8 Å². The second-order valence-electron chi connectivity index (χ2n) is 7.99. The fourth-order valence-corrected chi connectivity index (χ4v) is 4.38. The number of hydrogen-bond donors (Lipinski definition) is 0. The van der Waals surface area contributed by atoms with Crippen LogP contribution in [0.5, 0.6) is 0 Å². The van der Waals surface area contributed by atoms with Gasteiger partial charge < -0.3 is 9.80 Å². The lowest BCUT2D eigenvalue weighted by atomic mass is 10.0. The highest BCUT2D eigenvalue weighted by molar-refractivity contribution is 5.76. The summed E-state index contributed by atoms with van der Waals surface area (Å²) in [5, 5.41) is 0. The van der Waals surface area contributed by atoms with Crippen LogP contribution in [-0.4, -0.2) is 46.5 Å². The Hall–Kier alpha value is -2.30. The van der Waals surface area contributed by atoms with E-state index >= 15 is 0 Å². The zero-order chi connectivity index (χ0) is 18.6. The zero-order valence-corrected chi connectivity index (χ0v) is 16.3. The summed E-state index contributed by atoms with van der Waals surface area (Å²) in [6.45, 7) is 5.38. The Morgan fingerprint density at radius 3 is 2.48 bits per heavy atom. The molecule has 0 bridgehead atoms. The van der Waals surface area contributed by atoms with Crippen molar-refractivity contribution in [2.75, 3.05) is 31.1 Å². The predicted octanol–water partition coefficient (Wildman–Crippen LogP) is 3.80. The fourth-order valence-electron chi connectivity index (χ4n) is 4.38. The van der Waals surface area contributed by atoms with E-state index in [0.717, 1.165) is 56.6 Å². The summed E-state index contributed by atoms with van der Waals surface area (Å²) in [4.78, 5) is 21.5. The molecule has 2 heterocycles. The lowest BCUT2D eigenvalue weighted by Gasteiger charge is -2.35. The Balaban J connectivity index is 1.33. The van der Waals surface area contributed by atoms with Gasteiger partial charge in [0.25, 0.3) is 0 Å². The number of anilines is 1. The van der Waals surface area contributed by atoms with Crippen molar-refractivity contribution in [3.63, 3.8) is 0 Å². The van der Waals surface area contributed by atoms with Crippen LogP contribution in [0.3, 0.4) is 0 Å². The molecular weight excluding hydrogens is 336 g/mol. The number of carbonyl (C=O) groups is 1. The molecule has 5 heteroatoms. The maximum atomic E-state index is 12.6. The summed E-state index contributed by atoms with van der Waals surface area (Å²) in [5.74, 6) is 2.09. The van der Waals surface area contributed by atoms with Gasteiger partial charge >= 0.3 is 0 Å². The van der Waals surface area contributed by atoms with E-state index < -0.39 is 0 Å². The first kappa shape index (κ1) is 18.1. The normalized spacial score (nSPS) is 18.3. The Bertz CT molecular complexity index is 753. The molecule has 2 aromatic rings. The molecule has 1 amide bonds. The Morgan fingerprint density at radius 1 is 1.07 bits per heavy atom. The minimum atomic E-state index is 0.337. The van der Waals surface area contributed by atoms with Crippen molar-refractivity contribution in [1.29, 1.82) is 0 Å². The minimum Gasteiger partial charge on any atom is -0.339 e. The van der Waals surface area contributed by atoms with Crippen LogP contribution < -0.4 is 4.90 Å². The number of carbonyl (C=O) groups excluding carboxylic acids is 1. The van der Waals surface area contributed by atoms with Crippen LogP contribution in [0.4, 0.5) is 5.95 Å². The molecule has 0 radical (unpaired) electrons. The molecule has 1 aliphatic heterocycles. The summed E-state index contributed by atoms with van der Waals surface area (Å²) in [5.41, 5.74) is 2.38. The van der Waals surface area contributed by atoms with Crippen molar-refractivity contribution >= 4 is 11.9 Å². The van der Waals surface area contributed by atoms with Crippen LogP contribution in [-0.2, 0) is 4.79 Å². The molecule has 1 saturated carbocycles.